The van der Waals surface area contributed by atoms with Crippen molar-refractivity contribution in [2.45, 2.75) is 26.8 Å². The number of nitrogens with zero attached hydrogens (tertiary/aromatic N) is 3. The normalized spacial score (nSPS) is 10.8. The summed E-state index contributed by atoms with van der Waals surface area (Å²) in [5.74, 6) is -0.867. The van der Waals surface area contributed by atoms with Crippen LogP contribution in [-0.4, -0.2) is 27.6 Å². The zero-order valence-electron chi connectivity index (χ0n) is 11.6. The third-order valence-electron chi connectivity index (χ3n) is 2.77. The number of carbonyl (C=O) groups is 1. The van der Waals surface area contributed by atoms with Crippen LogP contribution in [0, 0.1) is 5.82 Å². The molecule has 0 saturated heterocycles. The number of halogens is 1. The van der Waals surface area contributed by atoms with Crippen molar-refractivity contribution in [2.24, 2.45) is 0 Å². The molecule has 0 aliphatic rings. The molecule has 0 aliphatic carbocycles. The van der Waals surface area contributed by atoms with E-state index >= 15 is 0 Å². The highest BCUT2D eigenvalue weighted by molar-refractivity contribution is 5.94. The minimum Gasteiger partial charge on any atom is -0.461 e. The van der Waals surface area contributed by atoms with Crippen LogP contribution in [0.2, 0.25) is 0 Å². The van der Waals surface area contributed by atoms with Crippen LogP contribution >= 0.6 is 0 Å². The molecule has 2 rings (SSSR count). The van der Waals surface area contributed by atoms with E-state index in [0.717, 1.165) is 0 Å². The molecular formula is C14H16FN3O2. The van der Waals surface area contributed by atoms with Gasteiger partial charge in [0.2, 0.25) is 0 Å². The van der Waals surface area contributed by atoms with Crippen LogP contribution in [0.4, 0.5) is 4.39 Å². The monoisotopic (exact) mass is 277 g/mol. The van der Waals surface area contributed by atoms with Gasteiger partial charge in [0.25, 0.3) is 0 Å². The zero-order chi connectivity index (χ0) is 14.7. The lowest BCUT2D eigenvalue weighted by Crippen LogP contribution is -2.09. The standard InChI is InChI=1S/C14H16FN3O2/c1-4-20-14(19)12-13(18(9(2)3)17-16-12)10-5-7-11(15)8-6-10/h5-9H,4H2,1-3H3. The van der Waals surface area contributed by atoms with Crippen LogP contribution in [0.5, 0.6) is 0 Å². The molecule has 0 N–H and O–H groups in total. The van der Waals surface area contributed by atoms with Crippen LogP contribution in [0.25, 0.3) is 11.3 Å². The summed E-state index contributed by atoms with van der Waals surface area (Å²) in [6, 6.07) is 5.88. The maximum atomic E-state index is 13.0. The zero-order valence-corrected chi connectivity index (χ0v) is 11.6. The number of carbonyl (C=O) groups excluding carboxylic acids is 1. The van der Waals surface area contributed by atoms with E-state index in [9.17, 15) is 9.18 Å². The van der Waals surface area contributed by atoms with Crippen molar-refractivity contribution in [3.8, 4) is 11.3 Å². The number of aromatic nitrogens is 3. The third kappa shape index (κ3) is 2.68. The minimum absolute atomic E-state index is 0.0192. The summed E-state index contributed by atoms with van der Waals surface area (Å²) in [6.45, 7) is 5.84. The van der Waals surface area contributed by atoms with Gasteiger partial charge in [-0.2, -0.15) is 0 Å². The van der Waals surface area contributed by atoms with Crippen molar-refractivity contribution < 1.29 is 13.9 Å². The van der Waals surface area contributed by atoms with E-state index in [1.54, 1.807) is 23.7 Å². The molecule has 0 amide bonds. The Balaban J connectivity index is 2.55. The maximum Gasteiger partial charge on any atom is 0.361 e. The second-order valence-electron chi connectivity index (χ2n) is 4.55. The SMILES string of the molecule is CCOC(=O)c1nnn(C(C)C)c1-c1ccc(F)cc1. The predicted molar refractivity (Wildman–Crippen MR) is 71.8 cm³/mol. The Morgan fingerprint density at radius 2 is 2.00 bits per heavy atom. The van der Waals surface area contributed by atoms with Gasteiger partial charge in [-0.15, -0.1) is 5.10 Å². The van der Waals surface area contributed by atoms with E-state index in [2.05, 4.69) is 10.3 Å². The lowest BCUT2D eigenvalue weighted by Gasteiger charge is -2.10. The van der Waals surface area contributed by atoms with Crippen molar-refractivity contribution in [3.05, 3.63) is 35.8 Å². The van der Waals surface area contributed by atoms with Gasteiger partial charge in [0.05, 0.1) is 6.61 Å². The van der Waals surface area contributed by atoms with Crippen molar-refractivity contribution in [3.63, 3.8) is 0 Å². The third-order valence-corrected chi connectivity index (χ3v) is 2.77. The lowest BCUT2D eigenvalue weighted by molar-refractivity contribution is 0.0520. The summed E-state index contributed by atoms with van der Waals surface area (Å²) in [5, 5.41) is 7.89. The highest BCUT2D eigenvalue weighted by atomic mass is 19.1. The topological polar surface area (TPSA) is 57.0 Å². The largest absolute Gasteiger partial charge is 0.461 e. The second kappa shape index (κ2) is 5.81. The number of hydrogen-bond donors (Lipinski definition) is 0. The molecule has 0 atom stereocenters. The van der Waals surface area contributed by atoms with Gasteiger partial charge in [-0.05, 0) is 45.0 Å². The van der Waals surface area contributed by atoms with Crippen LogP contribution < -0.4 is 0 Å². The predicted octanol–water partition coefficient (Wildman–Crippen LogP) is 2.84. The van der Waals surface area contributed by atoms with Crippen LogP contribution in [0.1, 0.15) is 37.3 Å². The Morgan fingerprint density at radius 3 is 2.55 bits per heavy atom. The average Bonchev–Trinajstić information content (AvgIpc) is 2.84. The van der Waals surface area contributed by atoms with Crippen LogP contribution in [-0.2, 0) is 4.74 Å². The van der Waals surface area contributed by atoms with E-state index < -0.39 is 5.97 Å². The molecule has 1 heterocycles. The molecule has 0 radical (unpaired) electrons. The van der Waals surface area contributed by atoms with E-state index in [-0.39, 0.29) is 24.2 Å². The first-order chi connectivity index (χ1) is 9.54. The van der Waals surface area contributed by atoms with E-state index in [1.807, 2.05) is 13.8 Å². The van der Waals surface area contributed by atoms with Crippen LogP contribution in [0.3, 0.4) is 0 Å². The molecule has 0 bridgehead atoms. The van der Waals surface area contributed by atoms with Gasteiger partial charge in [0.15, 0.2) is 5.69 Å². The molecule has 6 heteroatoms. The highest BCUT2D eigenvalue weighted by Crippen LogP contribution is 2.25. The van der Waals surface area contributed by atoms with Crippen LogP contribution in [0.15, 0.2) is 24.3 Å². The van der Waals surface area contributed by atoms with E-state index in [1.165, 1.54) is 12.1 Å². The summed E-state index contributed by atoms with van der Waals surface area (Å²) in [6.07, 6.45) is 0. The fourth-order valence-corrected chi connectivity index (χ4v) is 1.87. The molecule has 0 fully saturated rings. The number of rotatable bonds is 4. The molecule has 20 heavy (non-hydrogen) atoms. The molecule has 0 unspecified atom stereocenters. The van der Waals surface area contributed by atoms with Crippen molar-refractivity contribution in [1.29, 1.82) is 0 Å². The Hall–Kier alpha value is -2.24. The van der Waals surface area contributed by atoms with Crippen molar-refractivity contribution in [2.75, 3.05) is 6.61 Å². The Labute approximate surface area is 116 Å². The molecule has 1 aromatic heterocycles. The molecular weight excluding hydrogens is 261 g/mol. The molecule has 106 valence electrons. The summed E-state index contributed by atoms with van der Waals surface area (Å²) in [7, 11) is 0. The summed E-state index contributed by atoms with van der Waals surface area (Å²) >= 11 is 0. The first-order valence-corrected chi connectivity index (χ1v) is 6.42. The fourth-order valence-electron chi connectivity index (χ4n) is 1.87. The number of hydrogen-bond acceptors (Lipinski definition) is 4. The van der Waals surface area contributed by atoms with Gasteiger partial charge in [0.1, 0.15) is 11.5 Å². The van der Waals surface area contributed by atoms with Gasteiger partial charge < -0.3 is 4.74 Å². The Bertz CT molecular complexity index is 605. The first-order valence-electron chi connectivity index (χ1n) is 6.42. The van der Waals surface area contributed by atoms with Gasteiger partial charge in [-0.1, -0.05) is 5.21 Å². The average molecular weight is 277 g/mol. The number of esters is 1. The minimum atomic E-state index is -0.529. The molecule has 2 aromatic rings. The molecule has 0 saturated carbocycles. The number of benzene rings is 1. The van der Waals surface area contributed by atoms with Crippen molar-refractivity contribution in [1.82, 2.24) is 15.0 Å². The Morgan fingerprint density at radius 1 is 1.35 bits per heavy atom. The van der Waals surface area contributed by atoms with Gasteiger partial charge >= 0.3 is 5.97 Å². The second-order valence-corrected chi connectivity index (χ2v) is 4.55. The first kappa shape index (κ1) is 14.2. The molecule has 5 nitrogen and oxygen atoms in total. The lowest BCUT2D eigenvalue weighted by atomic mass is 10.1. The quantitative estimate of drug-likeness (QED) is 0.806. The molecule has 0 spiro atoms. The molecule has 0 aliphatic heterocycles. The van der Waals surface area contributed by atoms with E-state index in [0.29, 0.717) is 11.3 Å². The number of ether oxygens (including phenoxy) is 1. The summed E-state index contributed by atoms with van der Waals surface area (Å²) in [5.41, 5.74) is 1.36. The maximum absolute atomic E-state index is 13.0. The van der Waals surface area contributed by atoms with E-state index in [4.69, 9.17) is 4.74 Å². The summed E-state index contributed by atoms with van der Waals surface area (Å²) in [4.78, 5) is 11.9. The van der Waals surface area contributed by atoms with Gasteiger partial charge in [0, 0.05) is 11.6 Å². The highest BCUT2D eigenvalue weighted by Gasteiger charge is 2.23. The van der Waals surface area contributed by atoms with Gasteiger partial charge in [-0.25, -0.2) is 13.9 Å². The fraction of sp³-hybridized carbons (Fsp3) is 0.357. The summed E-state index contributed by atoms with van der Waals surface area (Å²) < 4.78 is 19.6. The molecule has 1 aromatic carbocycles. The Kier molecular flexibility index (Phi) is 4.12. The van der Waals surface area contributed by atoms with Crippen molar-refractivity contribution >= 4 is 5.97 Å². The van der Waals surface area contributed by atoms with Gasteiger partial charge in [-0.3, -0.25) is 0 Å². The smallest absolute Gasteiger partial charge is 0.361 e.